The minimum Gasteiger partial charge on any atom is -0.497 e. The van der Waals surface area contributed by atoms with Crippen LogP contribution in [0.15, 0.2) is 18.2 Å². The summed E-state index contributed by atoms with van der Waals surface area (Å²) in [5, 5.41) is 5.45. The van der Waals surface area contributed by atoms with Crippen LogP contribution in [-0.2, 0) is 35.6 Å². The van der Waals surface area contributed by atoms with Crippen LogP contribution < -0.4 is 24.8 Å². The number of aromatic nitrogens is 2. The first kappa shape index (κ1) is 42.8. The van der Waals surface area contributed by atoms with Gasteiger partial charge in [-0.2, -0.15) is 0 Å². The van der Waals surface area contributed by atoms with E-state index in [0.717, 1.165) is 32.1 Å². The predicted molar refractivity (Wildman–Crippen MR) is 211 cm³/mol. The number of alkyl halides is 2. The molecule has 59 heavy (non-hydrogen) atoms. The highest BCUT2D eigenvalue weighted by Crippen LogP contribution is 2.49. The van der Waals surface area contributed by atoms with Gasteiger partial charge in [0.05, 0.1) is 29.4 Å². The fourth-order valence-electron chi connectivity index (χ4n) is 8.67. The average molecular weight is 847 g/mol. The van der Waals surface area contributed by atoms with Crippen LogP contribution in [0.5, 0.6) is 11.6 Å². The molecule has 7 rings (SSSR count). The van der Waals surface area contributed by atoms with Crippen molar-refractivity contribution in [3.8, 4) is 11.6 Å². The van der Waals surface area contributed by atoms with Crippen LogP contribution in [0.1, 0.15) is 105 Å². The third kappa shape index (κ3) is 8.78. The van der Waals surface area contributed by atoms with Gasteiger partial charge in [0.15, 0.2) is 0 Å². The third-order valence-corrected chi connectivity index (χ3v) is 15.1. The summed E-state index contributed by atoms with van der Waals surface area (Å²) in [5.74, 6) is -3.36. The molecule has 1 aromatic carbocycles. The number of amides is 4. The molecule has 0 spiro atoms. The number of nitrogens with zero attached hydrogens (tertiary/aromatic N) is 3. The normalized spacial score (nSPS) is 30.7. The number of aryl methyl sites for hydroxylation is 1. The monoisotopic (exact) mass is 846 g/mol. The van der Waals surface area contributed by atoms with E-state index in [4.69, 9.17) is 24.2 Å². The van der Waals surface area contributed by atoms with E-state index in [0.29, 0.717) is 41.7 Å². The second kappa shape index (κ2) is 15.9. The quantitative estimate of drug-likeness (QED) is 0.314. The molecule has 3 N–H and O–H groups in total. The third-order valence-electron chi connectivity index (χ3n) is 12.9. The molecule has 3 heterocycles. The van der Waals surface area contributed by atoms with E-state index in [1.54, 1.807) is 40.0 Å². The highest BCUT2D eigenvalue weighted by molar-refractivity contribution is 7.91. The SMILES string of the molecule is CC[C@@H]1[C@@H]2CN(C(=O)[C@H](C(C)(C)C)NC(=O)O[C@@H]3C[C@H]3CCCCCc3nc4ccc(OC)cc4nc3O2)[C@@H]1C(=O)N[C@]1(C(=O)NS(=O)(=O)C2(C)CC2)C[C@H]1CC(F)F. The van der Waals surface area contributed by atoms with Crippen molar-refractivity contribution in [2.75, 3.05) is 13.7 Å². The van der Waals surface area contributed by atoms with Gasteiger partial charge in [-0.15, -0.1) is 0 Å². The molecule has 3 saturated carbocycles. The topological polar surface area (TPSA) is 195 Å². The first-order valence-corrected chi connectivity index (χ1v) is 22.2. The fourth-order valence-corrected chi connectivity index (χ4v) is 9.98. The second-order valence-corrected chi connectivity index (χ2v) is 20.5. The summed E-state index contributed by atoms with van der Waals surface area (Å²) in [6, 6.07) is 2.83. The maximum Gasteiger partial charge on any atom is 0.408 e. The number of nitrogens with one attached hydrogen (secondary N) is 3. The molecule has 8 atom stereocenters. The number of halogens is 2. The highest BCUT2D eigenvalue weighted by atomic mass is 32.2. The van der Waals surface area contributed by atoms with Crippen LogP contribution in [0, 0.1) is 23.2 Å². The molecule has 0 radical (unpaired) electrons. The molecular formula is C41H56F2N6O9S. The lowest BCUT2D eigenvalue weighted by atomic mass is 9.85. The standard InChI is InChI=1S/C41H56F2N6O9S/c1-7-25-30-21-49(32(25)34(50)47-41(20-23(41)18-31(42)43)37(52)48-59(54,55)40(5)15-16-40)36(51)33(39(2,3)4)46-38(53)58-29-17-22(29)11-9-8-10-12-27-35(57-30)45-28-19-24(56-6)13-14-26(28)44-27/h13-14,19,22-23,25,29-33H,7-12,15-18,20-21H2,1-6H3,(H,46,53)(H,47,50)(H,48,52)/t22-,23-,25-,29-,30+,32+,33-,41-/m1/s1. The van der Waals surface area contributed by atoms with Gasteiger partial charge in [0.1, 0.15) is 41.3 Å². The average Bonchev–Trinajstić information content (AvgIpc) is 4.12. The van der Waals surface area contributed by atoms with Crippen LogP contribution in [0.25, 0.3) is 11.0 Å². The number of ether oxygens (including phenoxy) is 3. The van der Waals surface area contributed by atoms with Crippen molar-refractivity contribution in [3.05, 3.63) is 23.9 Å². The number of hydrogen-bond donors (Lipinski definition) is 3. The van der Waals surface area contributed by atoms with Crippen molar-refractivity contribution in [2.45, 2.75) is 146 Å². The molecule has 1 aromatic heterocycles. The van der Waals surface area contributed by atoms with Crippen LogP contribution in [0.4, 0.5) is 13.6 Å². The smallest absolute Gasteiger partial charge is 0.408 e. The lowest BCUT2D eigenvalue weighted by Gasteiger charge is -2.36. The Morgan fingerprint density at radius 3 is 2.49 bits per heavy atom. The van der Waals surface area contributed by atoms with Crippen molar-refractivity contribution in [1.29, 1.82) is 0 Å². The Kier molecular flexibility index (Phi) is 11.5. The van der Waals surface area contributed by atoms with Crippen molar-refractivity contribution < 1.29 is 50.6 Å². The number of sulfonamides is 1. The Labute approximate surface area is 343 Å². The molecule has 2 aromatic rings. The van der Waals surface area contributed by atoms with E-state index in [1.807, 2.05) is 13.0 Å². The van der Waals surface area contributed by atoms with Gasteiger partial charge in [0, 0.05) is 18.4 Å². The molecule has 3 aliphatic carbocycles. The number of fused-ring (bicyclic) bond motifs is 5. The maximum atomic E-state index is 14.9. The minimum atomic E-state index is -4.19. The molecule has 15 nitrogen and oxygen atoms in total. The Bertz CT molecular complexity index is 2100. The van der Waals surface area contributed by atoms with Crippen LogP contribution >= 0.6 is 0 Å². The van der Waals surface area contributed by atoms with Crippen molar-refractivity contribution in [1.82, 2.24) is 30.2 Å². The summed E-state index contributed by atoms with van der Waals surface area (Å²) >= 11 is 0. The largest absolute Gasteiger partial charge is 0.497 e. The van der Waals surface area contributed by atoms with Gasteiger partial charge in [0.2, 0.25) is 34.1 Å². The molecular weight excluding hydrogens is 791 g/mol. The molecule has 2 bridgehead atoms. The lowest BCUT2D eigenvalue weighted by molar-refractivity contribution is -0.143. The fraction of sp³-hybridized carbons (Fsp3) is 0.707. The van der Waals surface area contributed by atoms with Crippen LogP contribution in [0.3, 0.4) is 0 Å². The molecule has 4 amide bonds. The first-order valence-electron chi connectivity index (χ1n) is 20.7. The van der Waals surface area contributed by atoms with Crippen LogP contribution in [0.2, 0.25) is 0 Å². The predicted octanol–water partition coefficient (Wildman–Crippen LogP) is 4.80. The summed E-state index contributed by atoms with van der Waals surface area (Å²) in [6.07, 6.45) is -0.0775. The number of methoxy groups -OCH3 is 1. The molecule has 324 valence electrons. The molecule has 2 aliphatic heterocycles. The number of hydrogen-bond acceptors (Lipinski definition) is 11. The van der Waals surface area contributed by atoms with E-state index in [1.165, 1.54) is 11.8 Å². The zero-order valence-corrected chi connectivity index (χ0v) is 35.3. The van der Waals surface area contributed by atoms with Crippen molar-refractivity contribution in [2.24, 2.45) is 23.2 Å². The van der Waals surface area contributed by atoms with Crippen molar-refractivity contribution >= 4 is 44.9 Å². The zero-order valence-electron chi connectivity index (χ0n) is 34.5. The number of alkyl carbamates (subject to hydrolysis) is 1. The van der Waals surface area contributed by atoms with Crippen LogP contribution in [-0.4, -0.2) is 102 Å². The van der Waals surface area contributed by atoms with Gasteiger partial charge >= 0.3 is 6.09 Å². The van der Waals surface area contributed by atoms with E-state index in [2.05, 4.69) is 15.4 Å². The van der Waals surface area contributed by atoms with Gasteiger partial charge in [-0.05, 0) is 87.7 Å². The Morgan fingerprint density at radius 1 is 1.08 bits per heavy atom. The number of carbonyl (C=O) groups is 4. The van der Waals surface area contributed by atoms with Gasteiger partial charge in [-0.1, -0.05) is 40.5 Å². The Hall–Kier alpha value is -4.35. The minimum absolute atomic E-state index is 0.146. The Balaban J connectivity index is 1.27. The lowest BCUT2D eigenvalue weighted by Crippen LogP contribution is -2.61. The number of benzene rings is 1. The number of carbonyl (C=O) groups excluding carboxylic acids is 4. The Morgan fingerprint density at radius 2 is 1.83 bits per heavy atom. The molecule has 18 heteroatoms. The summed E-state index contributed by atoms with van der Waals surface area (Å²) in [5.41, 5.74) is -1.10. The molecule has 4 fully saturated rings. The summed E-state index contributed by atoms with van der Waals surface area (Å²) < 4.78 is 72.8. The first-order chi connectivity index (χ1) is 27.8. The highest BCUT2D eigenvalue weighted by Gasteiger charge is 2.65. The number of rotatable bonds is 9. The van der Waals surface area contributed by atoms with E-state index >= 15 is 0 Å². The second-order valence-electron chi connectivity index (χ2n) is 18.3. The van der Waals surface area contributed by atoms with Gasteiger partial charge in [0.25, 0.3) is 5.91 Å². The molecule has 0 unspecified atom stereocenters. The summed E-state index contributed by atoms with van der Waals surface area (Å²) in [4.78, 5) is 68.0. The van der Waals surface area contributed by atoms with Gasteiger partial charge in [-0.3, -0.25) is 19.1 Å². The summed E-state index contributed by atoms with van der Waals surface area (Å²) in [7, 11) is -2.65. The van der Waals surface area contributed by atoms with Crippen molar-refractivity contribution in [3.63, 3.8) is 0 Å². The summed E-state index contributed by atoms with van der Waals surface area (Å²) in [6.45, 7) is 8.45. The maximum absolute atomic E-state index is 14.9. The van der Waals surface area contributed by atoms with Gasteiger partial charge < -0.3 is 29.7 Å². The van der Waals surface area contributed by atoms with E-state index < -0.39 is 92.4 Å². The zero-order chi connectivity index (χ0) is 42.7. The van der Waals surface area contributed by atoms with Gasteiger partial charge in [-0.25, -0.2) is 32.0 Å². The van der Waals surface area contributed by atoms with E-state index in [9.17, 15) is 36.4 Å². The van der Waals surface area contributed by atoms with E-state index in [-0.39, 0.29) is 37.3 Å². The molecule has 5 aliphatic rings. The molecule has 1 saturated heterocycles.